The van der Waals surface area contributed by atoms with Gasteiger partial charge in [-0.25, -0.2) is 22.2 Å². The third-order valence-electron chi connectivity index (χ3n) is 5.10. The van der Waals surface area contributed by atoms with E-state index in [2.05, 4.69) is 15.0 Å². The maximum Gasteiger partial charge on any atom is 0.262 e. The first-order chi connectivity index (χ1) is 15.4. The second kappa shape index (κ2) is 7.76. The summed E-state index contributed by atoms with van der Waals surface area (Å²) >= 11 is 0. The van der Waals surface area contributed by atoms with Crippen molar-refractivity contribution >= 4 is 38.1 Å². The van der Waals surface area contributed by atoms with Crippen molar-refractivity contribution in [2.45, 2.75) is 11.3 Å². The van der Waals surface area contributed by atoms with Gasteiger partial charge < -0.3 is 10.1 Å². The number of nitrogens with one attached hydrogen (secondary N) is 2. The average molecular weight is 453 g/mol. The van der Waals surface area contributed by atoms with Crippen LogP contribution in [-0.2, 0) is 16.4 Å². The number of pyridine rings is 1. The van der Waals surface area contributed by atoms with E-state index in [4.69, 9.17) is 4.74 Å². The molecule has 2 N–H and O–H groups in total. The van der Waals surface area contributed by atoms with Crippen molar-refractivity contribution in [1.29, 1.82) is 0 Å². The van der Waals surface area contributed by atoms with Crippen LogP contribution in [0.4, 0.5) is 26.0 Å². The Morgan fingerprint density at radius 2 is 1.66 bits per heavy atom. The number of nitrogens with zero attached hydrogens (tertiary/aromatic N) is 1. The molecular formula is C23H17F2N3O3S. The maximum atomic E-state index is 13.5. The average Bonchev–Trinajstić information content (AvgIpc) is 3.23. The van der Waals surface area contributed by atoms with Crippen LogP contribution in [0.1, 0.15) is 5.56 Å². The molecule has 6 nitrogen and oxygen atoms in total. The molecule has 3 aromatic carbocycles. The molecule has 0 amide bonds. The fourth-order valence-corrected chi connectivity index (χ4v) is 4.77. The largest absolute Gasteiger partial charge is 0.491 e. The zero-order chi connectivity index (χ0) is 22.3. The molecule has 0 unspecified atom stereocenters. The summed E-state index contributed by atoms with van der Waals surface area (Å²) in [5.41, 5.74) is 2.71. The lowest BCUT2D eigenvalue weighted by Gasteiger charge is -2.13. The van der Waals surface area contributed by atoms with Crippen molar-refractivity contribution in [2.24, 2.45) is 0 Å². The van der Waals surface area contributed by atoms with Crippen LogP contribution in [0.25, 0.3) is 10.9 Å². The first-order valence-corrected chi connectivity index (χ1v) is 11.3. The van der Waals surface area contributed by atoms with Crippen molar-refractivity contribution in [3.63, 3.8) is 0 Å². The zero-order valence-corrected chi connectivity index (χ0v) is 17.4. The van der Waals surface area contributed by atoms with Gasteiger partial charge in [0.1, 0.15) is 23.2 Å². The molecule has 9 heteroatoms. The lowest BCUT2D eigenvalue weighted by atomic mass is 10.1. The molecule has 1 aliphatic rings. The minimum Gasteiger partial charge on any atom is -0.491 e. The topological polar surface area (TPSA) is 80.3 Å². The SMILES string of the molecule is O=S(=O)(Nc1cccc2nc(Nc3cccc4c3OCC4)ccc12)c1cc(F)cc(F)c1. The minimum atomic E-state index is -4.21. The second-order valence-electron chi connectivity index (χ2n) is 7.30. The molecule has 0 radical (unpaired) electrons. The van der Waals surface area contributed by atoms with E-state index in [-0.39, 0.29) is 5.69 Å². The highest BCUT2D eigenvalue weighted by Crippen LogP contribution is 2.35. The molecule has 0 spiro atoms. The second-order valence-corrected chi connectivity index (χ2v) is 8.98. The summed E-state index contributed by atoms with van der Waals surface area (Å²) < 4.78 is 60.4. The summed E-state index contributed by atoms with van der Waals surface area (Å²) in [5, 5.41) is 3.78. The Balaban J connectivity index is 1.47. The summed E-state index contributed by atoms with van der Waals surface area (Å²) in [6.07, 6.45) is 0.856. The van der Waals surface area contributed by atoms with E-state index in [1.165, 1.54) is 0 Å². The number of hydrogen-bond donors (Lipinski definition) is 2. The number of fused-ring (bicyclic) bond motifs is 2. The molecule has 2 heterocycles. The number of aromatic nitrogens is 1. The molecule has 0 saturated carbocycles. The van der Waals surface area contributed by atoms with E-state index < -0.39 is 26.6 Å². The first kappa shape index (κ1) is 20.2. The first-order valence-electron chi connectivity index (χ1n) is 9.79. The number of halogens is 2. The van der Waals surface area contributed by atoms with E-state index in [1.807, 2.05) is 18.2 Å². The Labute approximate surface area is 182 Å². The van der Waals surface area contributed by atoms with Gasteiger partial charge in [-0.15, -0.1) is 0 Å². The lowest BCUT2D eigenvalue weighted by Crippen LogP contribution is -2.14. The van der Waals surface area contributed by atoms with Crippen LogP contribution in [0.3, 0.4) is 0 Å². The number of sulfonamides is 1. The molecule has 4 aromatic rings. The number of ether oxygens (including phenoxy) is 1. The fourth-order valence-electron chi connectivity index (χ4n) is 3.65. The monoisotopic (exact) mass is 453 g/mol. The summed E-state index contributed by atoms with van der Waals surface area (Å²) in [4.78, 5) is 4.06. The molecule has 1 aromatic heterocycles. The van der Waals surface area contributed by atoms with Crippen molar-refractivity contribution in [3.05, 3.63) is 83.9 Å². The molecule has 0 aliphatic carbocycles. The lowest BCUT2D eigenvalue weighted by molar-refractivity contribution is 0.358. The van der Waals surface area contributed by atoms with Crippen LogP contribution < -0.4 is 14.8 Å². The number of rotatable bonds is 5. The van der Waals surface area contributed by atoms with Crippen LogP contribution >= 0.6 is 0 Å². The number of hydrogen-bond acceptors (Lipinski definition) is 5. The van der Waals surface area contributed by atoms with Crippen molar-refractivity contribution in [2.75, 3.05) is 16.6 Å². The fraction of sp³-hybridized carbons (Fsp3) is 0.0870. The van der Waals surface area contributed by atoms with E-state index in [9.17, 15) is 17.2 Å². The molecule has 162 valence electrons. The highest BCUT2D eigenvalue weighted by molar-refractivity contribution is 7.92. The molecule has 0 atom stereocenters. The van der Waals surface area contributed by atoms with E-state index >= 15 is 0 Å². The van der Waals surface area contributed by atoms with Crippen molar-refractivity contribution in [3.8, 4) is 5.75 Å². The smallest absolute Gasteiger partial charge is 0.262 e. The predicted octanol–water partition coefficient (Wildman–Crippen LogP) is 4.99. The van der Waals surface area contributed by atoms with Crippen LogP contribution in [0.2, 0.25) is 0 Å². The molecule has 0 bridgehead atoms. The number of benzene rings is 3. The molecule has 1 aliphatic heterocycles. The van der Waals surface area contributed by atoms with Gasteiger partial charge in [0.15, 0.2) is 0 Å². The predicted molar refractivity (Wildman–Crippen MR) is 118 cm³/mol. The summed E-state index contributed by atoms with van der Waals surface area (Å²) in [7, 11) is -4.21. The molecule has 0 fully saturated rings. The normalized spacial score (nSPS) is 12.9. The van der Waals surface area contributed by atoms with Crippen LogP contribution in [0.5, 0.6) is 5.75 Å². The van der Waals surface area contributed by atoms with Crippen LogP contribution in [0, 0.1) is 11.6 Å². The maximum absolute atomic E-state index is 13.5. The quantitative estimate of drug-likeness (QED) is 0.445. The summed E-state index contributed by atoms with van der Waals surface area (Å²) in [6, 6.07) is 16.4. The van der Waals surface area contributed by atoms with Gasteiger partial charge in [0.05, 0.1) is 28.4 Å². The number of para-hydroxylation sites is 1. The van der Waals surface area contributed by atoms with Gasteiger partial charge in [-0.3, -0.25) is 4.72 Å². The van der Waals surface area contributed by atoms with E-state index in [0.29, 0.717) is 29.4 Å². The highest BCUT2D eigenvalue weighted by atomic mass is 32.2. The summed E-state index contributed by atoms with van der Waals surface area (Å²) in [5.74, 6) is -0.582. The van der Waals surface area contributed by atoms with Gasteiger partial charge in [0, 0.05) is 17.9 Å². The molecule has 0 saturated heterocycles. The van der Waals surface area contributed by atoms with E-state index in [0.717, 1.165) is 35.6 Å². The third kappa shape index (κ3) is 3.82. The third-order valence-corrected chi connectivity index (χ3v) is 6.44. The highest BCUT2D eigenvalue weighted by Gasteiger charge is 2.19. The van der Waals surface area contributed by atoms with Gasteiger partial charge in [0.25, 0.3) is 10.0 Å². The van der Waals surface area contributed by atoms with Crippen LogP contribution in [-0.4, -0.2) is 20.0 Å². The van der Waals surface area contributed by atoms with E-state index in [1.54, 1.807) is 30.3 Å². The Bertz CT molecular complexity index is 1440. The number of anilines is 3. The van der Waals surface area contributed by atoms with Gasteiger partial charge in [0.2, 0.25) is 0 Å². The Morgan fingerprint density at radius 1 is 0.906 bits per heavy atom. The van der Waals surface area contributed by atoms with Crippen molar-refractivity contribution in [1.82, 2.24) is 4.98 Å². The Kier molecular flexibility index (Phi) is 4.90. The molecule has 32 heavy (non-hydrogen) atoms. The Hall–Kier alpha value is -3.72. The van der Waals surface area contributed by atoms with Crippen LogP contribution in [0.15, 0.2) is 71.6 Å². The van der Waals surface area contributed by atoms with Gasteiger partial charge in [-0.1, -0.05) is 18.2 Å². The minimum absolute atomic E-state index is 0.246. The summed E-state index contributed by atoms with van der Waals surface area (Å²) in [6.45, 7) is 0.637. The molecule has 5 rings (SSSR count). The van der Waals surface area contributed by atoms with Gasteiger partial charge >= 0.3 is 0 Å². The van der Waals surface area contributed by atoms with Gasteiger partial charge in [-0.2, -0.15) is 0 Å². The zero-order valence-electron chi connectivity index (χ0n) is 16.6. The van der Waals surface area contributed by atoms with Crippen molar-refractivity contribution < 1.29 is 21.9 Å². The Morgan fingerprint density at radius 3 is 2.47 bits per heavy atom. The molecular weight excluding hydrogens is 436 g/mol. The standard InChI is InChI=1S/C23H17F2N3O3S/c24-15-11-16(25)13-17(12-15)32(29,30)28-20-5-2-4-19-18(20)7-8-22(26-19)27-21-6-1-3-14-9-10-31-23(14)21/h1-8,11-13,28H,9-10H2,(H,26,27). The van der Waals surface area contributed by atoms with Gasteiger partial charge in [-0.05, 0) is 48.0 Å².